The van der Waals surface area contributed by atoms with Crippen molar-refractivity contribution in [2.24, 2.45) is 5.41 Å². The number of hydrogen-bond donors (Lipinski definition) is 1. The lowest BCUT2D eigenvalue weighted by atomic mass is 9.69. The summed E-state index contributed by atoms with van der Waals surface area (Å²) >= 11 is 12.5. The molecule has 1 aromatic heterocycles. The van der Waals surface area contributed by atoms with Gasteiger partial charge in [-0.25, -0.2) is 4.79 Å². The van der Waals surface area contributed by atoms with Gasteiger partial charge in [0, 0.05) is 34.0 Å². The number of furan rings is 1. The summed E-state index contributed by atoms with van der Waals surface area (Å²) in [5.74, 6) is -0.171. The van der Waals surface area contributed by atoms with Gasteiger partial charge in [-0.2, -0.15) is 0 Å². The Morgan fingerprint density at radius 1 is 1.19 bits per heavy atom. The van der Waals surface area contributed by atoms with Gasteiger partial charge in [0.1, 0.15) is 11.5 Å². The van der Waals surface area contributed by atoms with Crippen LogP contribution in [-0.4, -0.2) is 18.9 Å². The first-order chi connectivity index (χ1) is 14.6. The normalized spacial score (nSPS) is 20.5. The van der Waals surface area contributed by atoms with Crippen molar-refractivity contribution in [1.29, 1.82) is 0 Å². The number of hydrogen-bond acceptors (Lipinski definition) is 5. The summed E-state index contributed by atoms with van der Waals surface area (Å²) in [5, 5.41) is 4.30. The van der Waals surface area contributed by atoms with Crippen molar-refractivity contribution in [2.45, 2.75) is 39.5 Å². The van der Waals surface area contributed by atoms with Gasteiger partial charge in [0.2, 0.25) is 0 Å². The van der Waals surface area contributed by atoms with Crippen molar-refractivity contribution in [2.75, 3.05) is 7.11 Å². The number of rotatable bonds is 3. The van der Waals surface area contributed by atoms with Crippen LogP contribution in [0.25, 0.3) is 11.3 Å². The van der Waals surface area contributed by atoms with Crippen molar-refractivity contribution in [3.8, 4) is 11.3 Å². The van der Waals surface area contributed by atoms with E-state index in [9.17, 15) is 9.59 Å². The third-order valence-corrected chi connectivity index (χ3v) is 6.31. The number of halogens is 2. The Morgan fingerprint density at radius 2 is 1.94 bits per heavy atom. The number of ketones is 1. The lowest BCUT2D eigenvalue weighted by molar-refractivity contribution is -0.136. The van der Waals surface area contributed by atoms with Crippen LogP contribution >= 0.6 is 23.2 Å². The number of benzene rings is 1. The van der Waals surface area contributed by atoms with Crippen LogP contribution < -0.4 is 5.32 Å². The molecule has 0 bridgehead atoms. The first-order valence-electron chi connectivity index (χ1n) is 9.99. The molecule has 0 spiro atoms. The highest BCUT2D eigenvalue weighted by Gasteiger charge is 2.44. The smallest absolute Gasteiger partial charge is 0.336 e. The fourth-order valence-corrected chi connectivity index (χ4v) is 4.82. The number of carbonyl (C=O) groups is 2. The molecule has 0 fully saturated rings. The predicted octanol–water partition coefficient (Wildman–Crippen LogP) is 6.03. The molecular formula is C24H23Cl2NO4. The summed E-state index contributed by atoms with van der Waals surface area (Å²) in [6, 6.07) is 8.66. The number of methoxy groups -OCH3 is 1. The van der Waals surface area contributed by atoms with E-state index in [4.69, 9.17) is 32.4 Å². The van der Waals surface area contributed by atoms with Crippen molar-refractivity contribution in [3.63, 3.8) is 0 Å². The number of nitrogens with one attached hydrogen (secondary N) is 1. The average molecular weight is 460 g/mol. The summed E-state index contributed by atoms with van der Waals surface area (Å²) in [6.45, 7) is 5.94. The van der Waals surface area contributed by atoms with Crippen LogP contribution in [0.5, 0.6) is 0 Å². The Balaban J connectivity index is 1.87. The summed E-state index contributed by atoms with van der Waals surface area (Å²) in [4.78, 5) is 25.9. The molecule has 1 aliphatic heterocycles. The summed E-state index contributed by atoms with van der Waals surface area (Å²) in [6.07, 6.45) is 1.09. The summed E-state index contributed by atoms with van der Waals surface area (Å²) < 4.78 is 11.2. The van der Waals surface area contributed by atoms with E-state index in [1.807, 2.05) is 6.92 Å². The first-order valence-corrected chi connectivity index (χ1v) is 10.7. The number of esters is 1. The molecule has 4 rings (SSSR count). The molecule has 2 aliphatic rings. The second-order valence-corrected chi connectivity index (χ2v) is 9.59. The zero-order chi connectivity index (χ0) is 22.5. The quantitative estimate of drug-likeness (QED) is 0.567. The molecule has 0 saturated carbocycles. The molecule has 0 unspecified atom stereocenters. The van der Waals surface area contributed by atoms with Gasteiger partial charge in [-0.05, 0) is 49.1 Å². The van der Waals surface area contributed by atoms with E-state index in [1.165, 1.54) is 7.11 Å². The molecule has 0 radical (unpaired) electrons. The van der Waals surface area contributed by atoms with Crippen molar-refractivity contribution in [3.05, 3.63) is 68.7 Å². The lowest BCUT2D eigenvalue weighted by Crippen LogP contribution is -2.38. The topological polar surface area (TPSA) is 68.5 Å². The van der Waals surface area contributed by atoms with Gasteiger partial charge in [0.25, 0.3) is 0 Å². The fourth-order valence-electron chi connectivity index (χ4n) is 4.44. The molecule has 2 aromatic rings. The molecule has 0 amide bonds. The van der Waals surface area contributed by atoms with Crippen LogP contribution in [-0.2, 0) is 14.3 Å². The minimum Gasteiger partial charge on any atom is -0.466 e. The van der Waals surface area contributed by atoms with Crippen molar-refractivity contribution in [1.82, 2.24) is 5.32 Å². The fraction of sp³-hybridized carbons (Fsp3) is 0.333. The van der Waals surface area contributed by atoms with Gasteiger partial charge in [0.05, 0.1) is 23.6 Å². The second-order valence-electron chi connectivity index (χ2n) is 8.75. The van der Waals surface area contributed by atoms with Gasteiger partial charge in [-0.3, -0.25) is 4.79 Å². The molecular weight excluding hydrogens is 437 g/mol. The molecule has 5 nitrogen and oxygen atoms in total. The molecule has 1 N–H and O–H groups in total. The molecule has 0 saturated heterocycles. The van der Waals surface area contributed by atoms with Gasteiger partial charge < -0.3 is 14.5 Å². The Hall–Kier alpha value is -2.50. The molecule has 7 heteroatoms. The van der Waals surface area contributed by atoms with Crippen LogP contribution in [0.3, 0.4) is 0 Å². The van der Waals surface area contributed by atoms with E-state index in [0.717, 1.165) is 5.70 Å². The zero-order valence-electron chi connectivity index (χ0n) is 17.8. The van der Waals surface area contributed by atoms with Gasteiger partial charge in [0.15, 0.2) is 5.78 Å². The number of Topliss-reactive ketones (excluding diaryl/α,β-unsaturated/α-hetero) is 1. The largest absolute Gasteiger partial charge is 0.466 e. The van der Waals surface area contributed by atoms with E-state index in [2.05, 4.69) is 19.2 Å². The summed E-state index contributed by atoms with van der Waals surface area (Å²) in [5.41, 5.74) is 2.88. The highest BCUT2D eigenvalue weighted by molar-refractivity contribution is 6.35. The number of dihydropyridines is 1. The Kier molecular flexibility index (Phi) is 5.52. The van der Waals surface area contributed by atoms with E-state index >= 15 is 0 Å². The summed E-state index contributed by atoms with van der Waals surface area (Å²) in [7, 11) is 1.33. The van der Waals surface area contributed by atoms with Crippen LogP contribution in [0.2, 0.25) is 10.0 Å². The Morgan fingerprint density at radius 3 is 2.65 bits per heavy atom. The maximum absolute atomic E-state index is 13.2. The SMILES string of the molecule is COC(=O)C1=C(C)NC2=C(C(=O)CC(C)(C)C2)[C@H]1c1ccc(-c2cc(Cl)ccc2Cl)o1. The molecule has 31 heavy (non-hydrogen) atoms. The van der Waals surface area contributed by atoms with E-state index in [0.29, 0.717) is 56.8 Å². The minimum atomic E-state index is -0.654. The Labute approximate surface area is 191 Å². The van der Waals surface area contributed by atoms with Crippen LogP contribution in [0.15, 0.2) is 57.3 Å². The highest BCUT2D eigenvalue weighted by Crippen LogP contribution is 2.47. The van der Waals surface area contributed by atoms with Gasteiger partial charge in [-0.15, -0.1) is 0 Å². The second kappa shape index (κ2) is 7.88. The number of carbonyl (C=O) groups excluding carboxylic acids is 2. The zero-order valence-corrected chi connectivity index (χ0v) is 19.3. The minimum absolute atomic E-state index is 0.00334. The highest BCUT2D eigenvalue weighted by atomic mass is 35.5. The van der Waals surface area contributed by atoms with E-state index < -0.39 is 11.9 Å². The average Bonchev–Trinajstić information content (AvgIpc) is 3.16. The van der Waals surface area contributed by atoms with Gasteiger partial charge in [-0.1, -0.05) is 37.0 Å². The van der Waals surface area contributed by atoms with Crippen LogP contribution in [0, 0.1) is 5.41 Å². The number of allylic oxidation sites excluding steroid dienone is 3. The molecule has 1 atom stereocenters. The maximum Gasteiger partial charge on any atom is 0.336 e. The third-order valence-electron chi connectivity index (χ3n) is 5.75. The van der Waals surface area contributed by atoms with E-state index in [1.54, 1.807) is 30.3 Å². The standard InChI is InChI=1S/C24H23Cl2NO4/c1-12-20(23(29)30-4)22(21-16(27-12)10-24(2,3)11-17(21)28)19-8-7-18(31-19)14-9-13(25)5-6-15(14)26/h5-9,22,27H,10-11H2,1-4H3/t22-/m0/s1. The van der Waals surface area contributed by atoms with Crippen molar-refractivity contribution < 1.29 is 18.7 Å². The predicted molar refractivity (Wildman–Crippen MR) is 120 cm³/mol. The third kappa shape index (κ3) is 3.92. The maximum atomic E-state index is 13.2. The van der Waals surface area contributed by atoms with Crippen LogP contribution in [0.4, 0.5) is 0 Å². The molecule has 1 aromatic carbocycles. The van der Waals surface area contributed by atoms with E-state index in [-0.39, 0.29) is 11.2 Å². The van der Waals surface area contributed by atoms with Gasteiger partial charge >= 0.3 is 5.97 Å². The van der Waals surface area contributed by atoms with Crippen LogP contribution in [0.1, 0.15) is 45.3 Å². The molecule has 2 heterocycles. The molecule has 1 aliphatic carbocycles. The number of ether oxygens (including phenoxy) is 1. The Bertz CT molecular complexity index is 1160. The first kappa shape index (κ1) is 21.7. The van der Waals surface area contributed by atoms with Crippen molar-refractivity contribution >= 4 is 35.0 Å². The monoisotopic (exact) mass is 459 g/mol. The molecule has 162 valence electrons. The lowest BCUT2D eigenvalue weighted by Gasteiger charge is -2.38.